The summed E-state index contributed by atoms with van der Waals surface area (Å²) in [5.41, 5.74) is 4.25. The number of benzene rings is 1. The van der Waals surface area contributed by atoms with E-state index in [0.717, 1.165) is 22.7 Å². The first kappa shape index (κ1) is 15.5. The maximum absolute atomic E-state index is 10.2. The molecule has 114 valence electrons. The van der Waals surface area contributed by atoms with Crippen LogP contribution >= 0.6 is 0 Å². The molecule has 0 amide bonds. The first-order valence-electron chi connectivity index (χ1n) is 7.04. The first-order chi connectivity index (χ1) is 10.0. The average molecular weight is 289 g/mol. The SMILES string of the molecule is COc1ccc(C(O)CNCc2c(C)nn(C)c2C)cc1. The first-order valence-corrected chi connectivity index (χ1v) is 7.04. The van der Waals surface area contributed by atoms with E-state index < -0.39 is 6.10 Å². The molecule has 0 bridgehead atoms. The Balaban J connectivity index is 1.90. The third kappa shape index (κ3) is 3.62. The molecule has 2 rings (SSSR count). The largest absolute Gasteiger partial charge is 0.497 e. The molecule has 0 aliphatic rings. The van der Waals surface area contributed by atoms with Crippen molar-refractivity contribution in [2.45, 2.75) is 26.5 Å². The highest BCUT2D eigenvalue weighted by molar-refractivity contribution is 5.28. The summed E-state index contributed by atoms with van der Waals surface area (Å²) in [4.78, 5) is 0. The highest BCUT2D eigenvalue weighted by atomic mass is 16.5. The smallest absolute Gasteiger partial charge is 0.118 e. The molecule has 21 heavy (non-hydrogen) atoms. The predicted molar refractivity (Wildman–Crippen MR) is 82.3 cm³/mol. The Kier molecular flexibility index (Phi) is 4.98. The number of aryl methyl sites for hydroxylation is 2. The number of aromatic nitrogens is 2. The second-order valence-electron chi connectivity index (χ2n) is 5.19. The minimum Gasteiger partial charge on any atom is -0.497 e. The van der Waals surface area contributed by atoms with Gasteiger partial charge in [0.05, 0.1) is 18.9 Å². The van der Waals surface area contributed by atoms with Gasteiger partial charge in [-0.25, -0.2) is 0 Å². The van der Waals surface area contributed by atoms with E-state index in [1.807, 2.05) is 42.9 Å². The molecule has 0 saturated carbocycles. The van der Waals surface area contributed by atoms with Crippen molar-refractivity contribution in [3.63, 3.8) is 0 Å². The van der Waals surface area contributed by atoms with Crippen LogP contribution in [0.3, 0.4) is 0 Å². The highest BCUT2D eigenvalue weighted by Crippen LogP contribution is 2.17. The lowest BCUT2D eigenvalue weighted by atomic mass is 10.1. The van der Waals surface area contributed by atoms with E-state index in [2.05, 4.69) is 17.3 Å². The monoisotopic (exact) mass is 289 g/mol. The Labute approximate surface area is 125 Å². The third-order valence-corrected chi connectivity index (χ3v) is 3.80. The van der Waals surface area contributed by atoms with Crippen LogP contribution in [0.4, 0.5) is 0 Å². The zero-order chi connectivity index (χ0) is 15.4. The maximum atomic E-state index is 10.2. The van der Waals surface area contributed by atoms with E-state index in [4.69, 9.17) is 4.74 Å². The van der Waals surface area contributed by atoms with Crippen LogP contribution in [0.1, 0.15) is 28.6 Å². The minimum atomic E-state index is -0.534. The summed E-state index contributed by atoms with van der Waals surface area (Å²) in [5, 5.41) is 17.9. The van der Waals surface area contributed by atoms with E-state index in [9.17, 15) is 5.11 Å². The molecule has 1 aromatic carbocycles. The van der Waals surface area contributed by atoms with Crippen molar-refractivity contribution in [3.05, 3.63) is 46.8 Å². The zero-order valence-electron chi connectivity index (χ0n) is 13.1. The van der Waals surface area contributed by atoms with Gasteiger partial charge in [-0.3, -0.25) is 4.68 Å². The van der Waals surface area contributed by atoms with Crippen LogP contribution < -0.4 is 10.1 Å². The fourth-order valence-corrected chi connectivity index (χ4v) is 2.35. The summed E-state index contributed by atoms with van der Waals surface area (Å²) in [5.74, 6) is 0.792. The third-order valence-electron chi connectivity index (χ3n) is 3.80. The average Bonchev–Trinajstić information content (AvgIpc) is 2.73. The van der Waals surface area contributed by atoms with Gasteiger partial charge in [0.15, 0.2) is 0 Å². The van der Waals surface area contributed by atoms with Gasteiger partial charge < -0.3 is 15.2 Å². The van der Waals surface area contributed by atoms with E-state index in [-0.39, 0.29) is 0 Å². The van der Waals surface area contributed by atoms with E-state index >= 15 is 0 Å². The molecule has 1 heterocycles. The van der Waals surface area contributed by atoms with Crippen molar-refractivity contribution in [1.29, 1.82) is 0 Å². The van der Waals surface area contributed by atoms with Gasteiger partial charge in [-0.2, -0.15) is 5.10 Å². The van der Waals surface area contributed by atoms with Gasteiger partial charge in [0.2, 0.25) is 0 Å². The van der Waals surface area contributed by atoms with Crippen molar-refractivity contribution in [3.8, 4) is 5.75 Å². The van der Waals surface area contributed by atoms with Gasteiger partial charge >= 0.3 is 0 Å². The standard InChI is InChI=1S/C16H23N3O2/c1-11-15(12(2)19(3)18-11)9-17-10-16(20)13-5-7-14(21-4)8-6-13/h5-8,16-17,20H,9-10H2,1-4H3. The van der Waals surface area contributed by atoms with Crippen molar-refractivity contribution in [2.24, 2.45) is 7.05 Å². The summed E-state index contributed by atoms with van der Waals surface area (Å²) >= 11 is 0. The normalized spacial score (nSPS) is 12.4. The molecule has 2 N–H and O–H groups in total. The highest BCUT2D eigenvalue weighted by Gasteiger charge is 2.11. The van der Waals surface area contributed by atoms with E-state index in [1.54, 1.807) is 7.11 Å². The van der Waals surface area contributed by atoms with Gasteiger partial charge in [0.1, 0.15) is 5.75 Å². The number of hydrogen-bond donors (Lipinski definition) is 2. The lowest BCUT2D eigenvalue weighted by Gasteiger charge is -2.13. The number of hydrogen-bond acceptors (Lipinski definition) is 4. The molecule has 0 spiro atoms. The summed E-state index contributed by atoms with van der Waals surface area (Å²) in [6.07, 6.45) is -0.534. The fraction of sp³-hybridized carbons (Fsp3) is 0.438. The predicted octanol–water partition coefficient (Wildman–Crippen LogP) is 1.87. The van der Waals surface area contributed by atoms with Gasteiger partial charge in [0.25, 0.3) is 0 Å². The summed E-state index contributed by atoms with van der Waals surface area (Å²) < 4.78 is 6.99. The molecule has 1 aromatic heterocycles. The number of aliphatic hydroxyl groups is 1. The van der Waals surface area contributed by atoms with Crippen LogP contribution in [0.5, 0.6) is 5.75 Å². The van der Waals surface area contributed by atoms with Crippen molar-refractivity contribution >= 4 is 0 Å². The van der Waals surface area contributed by atoms with E-state index in [0.29, 0.717) is 13.1 Å². The van der Waals surface area contributed by atoms with Gasteiger partial charge in [-0.1, -0.05) is 12.1 Å². The Bertz CT molecular complexity index is 590. The van der Waals surface area contributed by atoms with Crippen molar-refractivity contribution in [2.75, 3.05) is 13.7 Å². The topological polar surface area (TPSA) is 59.3 Å². The fourth-order valence-electron chi connectivity index (χ4n) is 2.35. The number of aliphatic hydroxyl groups excluding tert-OH is 1. The van der Waals surface area contributed by atoms with Crippen LogP contribution in [0, 0.1) is 13.8 Å². The molecular formula is C16H23N3O2. The quantitative estimate of drug-likeness (QED) is 0.852. The number of ether oxygens (including phenoxy) is 1. The van der Waals surface area contributed by atoms with Gasteiger partial charge in [-0.05, 0) is 31.5 Å². The van der Waals surface area contributed by atoms with E-state index in [1.165, 1.54) is 5.56 Å². The molecule has 1 atom stereocenters. The molecule has 0 aliphatic carbocycles. The number of nitrogens with one attached hydrogen (secondary N) is 1. The Morgan fingerprint density at radius 2 is 1.95 bits per heavy atom. The molecular weight excluding hydrogens is 266 g/mol. The number of rotatable bonds is 6. The zero-order valence-corrected chi connectivity index (χ0v) is 13.1. The second-order valence-corrected chi connectivity index (χ2v) is 5.19. The number of methoxy groups -OCH3 is 1. The molecule has 5 nitrogen and oxygen atoms in total. The summed E-state index contributed by atoms with van der Waals surface area (Å²) in [6, 6.07) is 7.47. The van der Waals surface area contributed by atoms with Crippen molar-refractivity contribution < 1.29 is 9.84 Å². The Morgan fingerprint density at radius 1 is 1.29 bits per heavy atom. The molecule has 2 aromatic rings. The second kappa shape index (κ2) is 6.74. The number of nitrogens with zero attached hydrogens (tertiary/aromatic N) is 2. The summed E-state index contributed by atoms with van der Waals surface area (Å²) in [6.45, 7) is 5.26. The molecule has 0 fully saturated rings. The van der Waals surface area contributed by atoms with Crippen LogP contribution in [-0.2, 0) is 13.6 Å². The van der Waals surface area contributed by atoms with Crippen molar-refractivity contribution in [1.82, 2.24) is 15.1 Å². The summed E-state index contributed by atoms with van der Waals surface area (Å²) in [7, 11) is 3.57. The van der Waals surface area contributed by atoms with Crippen LogP contribution in [0.2, 0.25) is 0 Å². The van der Waals surface area contributed by atoms with Gasteiger partial charge in [-0.15, -0.1) is 0 Å². The molecule has 0 aliphatic heterocycles. The lowest BCUT2D eigenvalue weighted by Crippen LogP contribution is -2.21. The molecule has 0 saturated heterocycles. The lowest BCUT2D eigenvalue weighted by molar-refractivity contribution is 0.174. The maximum Gasteiger partial charge on any atom is 0.118 e. The van der Waals surface area contributed by atoms with Crippen LogP contribution in [0.25, 0.3) is 0 Å². The Morgan fingerprint density at radius 3 is 2.48 bits per heavy atom. The van der Waals surface area contributed by atoms with Crippen LogP contribution in [-0.4, -0.2) is 28.5 Å². The Hall–Kier alpha value is -1.85. The molecule has 5 heteroatoms. The minimum absolute atomic E-state index is 0.500. The molecule has 1 unspecified atom stereocenters. The van der Waals surface area contributed by atoms with Gasteiger partial charge in [0, 0.05) is 31.4 Å². The van der Waals surface area contributed by atoms with Crippen LogP contribution in [0.15, 0.2) is 24.3 Å². The molecule has 0 radical (unpaired) electrons.